The Morgan fingerprint density at radius 1 is 1.29 bits per heavy atom. The van der Waals surface area contributed by atoms with Crippen LogP contribution in [0, 0.1) is 0 Å². The molecule has 0 fully saturated rings. The Labute approximate surface area is 84.8 Å². The molecule has 14 heavy (non-hydrogen) atoms. The van der Waals surface area contributed by atoms with Crippen LogP contribution in [0.4, 0.5) is 0 Å². The van der Waals surface area contributed by atoms with Gasteiger partial charge in [-0.25, -0.2) is 9.50 Å². The predicted octanol–water partition coefficient (Wildman–Crippen LogP) is 2.88. The second-order valence-corrected chi connectivity index (χ2v) is 3.18. The monoisotopic (exact) mass is 191 g/mol. The first-order chi connectivity index (χ1) is 6.77. The molecule has 0 N–H and O–H groups in total. The molecule has 0 bridgehead atoms. The highest BCUT2D eigenvalue weighted by Gasteiger charge is 2.00. The first kappa shape index (κ1) is 10.7. The molecule has 3 heteroatoms. The van der Waals surface area contributed by atoms with Gasteiger partial charge >= 0.3 is 0 Å². The van der Waals surface area contributed by atoms with E-state index in [2.05, 4.69) is 36.1 Å². The molecule has 3 nitrogen and oxygen atoms in total. The fourth-order valence-corrected chi connectivity index (χ4v) is 1.19. The molecule has 76 valence electrons. The molecule has 0 atom stereocenters. The van der Waals surface area contributed by atoms with Crippen LogP contribution in [0.15, 0.2) is 24.7 Å². The Bertz CT molecular complexity index is 390. The van der Waals surface area contributed by atoms with Crippen molar-refractivity contribution in [3.63, 3.8) is 0 Å². The van der Waals surface area contributed by atoms with Crippen molar-refractivity contribution < 1.29 is 0 Å². The van der Waals surface area contributed by atoms with E-state index in [4.69, 9.17) is 0 Å². The number of fused-ring (bicyclic) bond motifs is 1. The van der Waals surface area contributed by atoms with Crippen LogP contribution in [0.2, 0.25) is 0 Å². The summed E-state index contributed by atoms with van der Waals surface area (Å²) in [6, 6.07) is 4.14. The Morgan fingerprint density at radius 2 is 2.00 bits per heavy atom. The van der Waals surface area contributed by atoms with E-state index < -0.39 is 0 Å². The smallest absolute Gasteiger partial charge is 0.155 e. The van der Waals surface area contributed by atoms with Crippen molar-refractivity contribution in [1.29, 1.82) is 0 Å². The van der Waals surface area contributed by atoms with Crippen LogP contribution in [0.5, 0.6) is 0 Å². The molecule has 2 aromatic heterocycles. The highest BCUT2D eigenvalue weighted by molar-refractivity contribution is 5.40. The van der Waals surface area contributed by atoms with E-state index in [0.29, 0.717) is 5.92 Å². The third-order valence-electron chi connectivity index (χ3n) is 1.97. The summed E-state index contributed by atoms with van der Waals surface area (Å²) >= 11 is 0. The fourth-order valence-electron chi connectivity index (χ4n) is 1.19. The Morgan fingerprint density at radius 3 is 2.64 bits per heavy atom. The van der Waals surface area contributed by atoms with Crippen molar-refractivity contribution in [2.75, 3.05) is 0 Å². The van der Waals surface area contributed by atoms with Crippen LogP contribution in [0.1, 0.15) is 39.2 Å². The van der Waals surface area contributed by atoms with E-state index in [-0.39, 0.29) is 0 Å². The number of nitrogens with zero attached hydrogens (tertiary/aromatic N) is 3. The lowest BCUT2D eigenvalue weighted by molar-refractivity contribution is 0.855. The Kier molecular flexibility index (Phi) is 3.63. The van der Waals surface area contributed by atoms with Gasteiger partial charge in [0, 0.05) is 6.20 Å². The summed E-state index contributed by atoms with van der Waals surface area (Å²) in [4.78, 5) is 4.11. The maximum atomic E-state index is 4.11. The van der Waals surface area contributed by atoms with Crippen LogP contribution in [-0.2, 0) is 0 Å². The van der Waals surface area contributed by atoms with Crippen LogP contribution in [0.25, 0.3) is 5.65 Å². The first-order valence-corrected chi connectivity index (χ1v) is 5.06. The molecule has 2 aromatic rings. The summed E-state index contributed by atoms with van der Waals surface area (Å²) in [5.74, 6) is 0.548. The highest BCUT2D eigenvalue weighted by atomic mass is 15.3. The molecule has 0 aromatic carbocycles. The summed E-state index contributed by atoms with van der Waals surface area (Å²) < 4.78 is 1.77. The SMILES string of the molecule is CC.CC(C)c1ccn2ncnc2c1. The van der Waals surface area contributed by atoms with Crippen LogP contribution in [-0.4, -0.2) is 14.6 Å². The van der Waals surface area contributed by atoms with Crippen LogP contribution >= 0.6 is 0 Å². The lowest BCUT2D eigenvalue weighted by atomic mass is 10.1. The summed E-state index contributed by atoms with van der Waals surface area (Å²) in [5, 5.41) is 4.02. The van der Waals surface area contributed by atoms with Gasteiger partial charge in [-0.05, 0) is 23.6 Å². The second kappa shape index (κ2) is 4.74. The second-order valence-electron chi connectivity index (χ2n) is 3.18. The van der Waals surface area contributed by atoms with Gasteiger partial charge < -0.3 is 0 Å². The van der Waals surface area contributed by atoms with Crippen LogP contribution in [0.3, 0.4) is 0 Å². The normalized spacial score (nSPS) is 10.1. The van der Waals surface area contributed by atoms with Crippen LogP contribution < -0.4 is 0 Å². The number of pyridine rings is 1. The van der Waals surface area contributed by atoms with E-state index in [1.165, 1.54) is 5.56 Å². The minimum Gasteiger partial charge on any atom is -0.221 e. The quantitative estimate of drug-likeness (QED) is 0.693. The number of hydrogen-bond acceptors (Lipinski definition) is 2. The Balaban J connectivity index is 0.000000461. The van der Waals surface area contributed by atoms with E-state index >= 15 is 0 Å². The van der Waals surface area contributed by atoms with E-state index in [9.17, 15) is 0 Å². The molecule has 0 saturated carbocycles. The molecule has 0 aliphatic carbocycles. The average molecular weight is 191 g/mol. The van der Waals surface area contributed by atoms with Crippen molar-refractivity contribution in [2.24, 2.45) is 0 Å². The highest BCUT2D eigenvalue weighted by Crippen LogP contribution is 2.14. The van der Waals surface area contributed by atoms with Crippen molar-refractivity contribution in [1.82, 2.24) is 14.6 Å². The lowest BCUT2D eigenvalue weighted by Gasteiger charge is -2.03. The zero-order chi connectivity index (χ0) is 10.6. The number of hydrogen-bond donors (Lipinski definition) is 0. The molecule has 2 rings (SSSR count). The summed E-state index contributed by atoms with van der Waals surface area (Å²) in [5.41, 5.74) is 2.22. The van der Waals surface area contributed by atoms with Gasteiger partial charge in [0.2, 0.25) is 0 Å². The van der Waals surface area contributed by atoms with Gasteiger partial charge in [-0.1, -0.05) is 27.7 Å². The average Bonchev–Trinajstić information content (AvgIpc) is 2.67. The summed E-state index contributed by atoms with van der Waals surface area (Å²) in [6.07, 6.45) is 3.51. The molecule has 0 aliphatic heterocycles. The molecule has 0 saturated heterocycles. The topological polar surface area (TPSA) is 30.2 Å². The molecule has 0 unspecified atom stereocenters. The molecular formula is C11H17N3. The largest absolute Gasteiger partial charge is 0.221 e. The standard InChI is InChI=1S/C9H11N3.C2H6/c1-7(2)8-3-4-12-9(5-8)10-6-11-12;1-2/h3-7H,1-2H3;1-2H3. The lowest BCUT2D eigenvalue weighted by Crippen LogP contribution is -1.91. The number of aromatic nitrogens is 3. The fraction of sp³-hybridized carbons (Fsp3) is 0.455. The van der Waals surface area contributed by atoms with Crippen molar-refractivity contribution in [2.45, 2.75) is 33.6 Å². The predicted molar refractivity (Wildman–Crippen MR) is 58.4 cm³/mol. The molecule has 0 amide bonds. The molecule has 2 heterocycles. The molecular weight excluding hydrogens is 174 g/mol. The first-order valence-electron chi connectivity index (χ1n) is 5.06. The van der Waals surface area contributed by atoms with E-state index in [1.54, 1.807) is 10.8 Å². The third-order valence-corrected chi connectivity index (χ3v) is 1.97. The van der Waals surface area contributed by atoms with Crippen molar-refractivity contribution in [3.8, 4) is 0 Å². The molecule has 0 spiro atoms. The zero-order valence-electron chi connectivity index (χ0n) is 9.23. The van der Waals surface area contributed by atoms with Gasteiger partial charge in [0.25, 0.3) is 0 Å². The maximum absolute atomic E-state index is 4.11. The summed E-state index contributed by atoms with van der Waals surface area (Å²) in [7, 11) is 0. The van der Waals surface area contributed by atoms with Crippen molar-refractivity contribution >= 4 is 5.65 Å². The minimum absolute atomic E-state index is 0.548. The van der Waals surface area contributed by atoms with Gasteiger partial charge in [0.15, 0.2) is 5.65 Å². The minimum atomic E-state index is 0.548. The maximum Gasteiger partial charge on any atom is 0.155 e. The van der Waals surface area contributed by atoms with E-state index in [0.717, 1.165) is 5.65 Å². The van der Waals surface area contributed by atoms with Gasteiger partial charge in [0.1, 0.15) is 6.33 Å². The molecule has 0 radical (unpaired) electrons. The third kappa shape index (κ3) is 2.10. The Hall–Kier alpha value is -1.38. The molecule has 0 aliphatic rings. The zero-order valence-corrected chi connectivity index (χ0v) is 9.23. The van der Waals surface area contributed by atoms with Gasteiger partial charge in [-0.2, -0.15) is 5.10 Å². The van der Waals surface area contributed by atoms with Crippen molar-refractivity contribution in [3.05, 3.63) is 30.2 Å². The summed E-state index contributed by atoms with van der Waals surface area (Å²) in [6.45, 7) is 8.34. The van der Waals surface area contributed by atoms with Gasteiger partial charge in [0.05, 0.1) is 0 Å². The van der Waals surface area contributed by atoms with Gasteiger partial charge in [-0.3, -0.25) is 0 Å². The number of rotatable bonds is 1. The van der Waals surface area contributed by atoms with E-state index in [1.807, 2.05) is 20.0 Å². The van der Waals surface area contributed by atoms with Gasteiger partial charge in [-0.15, -0.1) is 0 Å².